The number of nitrogens with two attached hydrogens (primary N) is 1. The molecule has 0 fully saturated rings. The van der Waals surface area contributed by atoms with E-state index in [9.17, 15) is 0 Å². The monoisotopic (exact) mass is 257 g/mol. The fraction of sp³-hybridized carbons (Fsp3) is 0.200. The highest BCUT2D eigenvalue weighted by Crippen LogP contribution is 2.07. The molecule has 0 amide bonds. The average Bonchev–Trinajstić information content (AvgIpc) is 2.49. The molecule has 0 unspecified atom stereocenters. The number of hydrogen-bond acceptors (Lipinski definition) is 2. The van der Waals surface area contributed by atoms with E-state index in [1.165, 1.54) is 10.9 Å². The Balaban J connectivity index is 2.26. The van der Waals surface area contributed by atoms with Crippen LogP contribution in [0.2, 0.25) is 0 Å². The Labute approximate surface area is 114 Å². The summed E-state index contributed by atoms with van der Waals surface area (Å²) in [6.45, 7) is -0.622. The standard InChI is InChI=1S/C15H20BNO2/c1-17-16(12-4-8-14(18-2)9-5-12)13-6-10-15(19-3)11-7-13/h4-11,16H,17H2,1-3H3. The van der Waals surface area contributed by atoms with Crippen LogP contribution in [0.5, 0.6) is 11.5 Å². The molecule has 0 saturated heterocycles. The lowest BCUT2D eigenvalue weighted by molar-refractivity contribution is -0.483. The van der Waals surface area contributed by atoms with E-state index < -0.39 is 6.85 Å². The summed E-state index contributed by atoms with van der Waals surface area (Å²) in [4.78, 5) is 0. The SMILES string of the molecule is C[NH2+][BH-](c1ccc(OC)cc1)c1ccc(OC)cc1. The molecule has 2 rings (SSSR count). The minimum absolute atomic E-state index is 0.622. The van der Waals surface area contributed by atoms with Crippen molar-refractivity contribution in [3.8, 4) is 11.5 Å². The van der Waals surface area contributed by atoms with Gasteiger partial charge in [0, 0.05) is 7.05 Å². The first-order valence-electron chi connectivity index (χ1n) is 6.56. The van der Waals surface area contributed by atoms with Crippen LogP contribution in [0.15, 0.2) is 48.5 Å². The van der Waals surface area contributed by atoms with Gasteiger partial charge in [-0.15, -0.1) is 10.9 Å². The molecule has 0 aliphatic rings. The van der Waals surface area contributed by atoms with Gasteiger partial charge in [0.1, 0.15) is 11.5 Å². The van der Waals surface area contributed by atoms with Crippen molar-refractivity contribution < 1.29 is 14.7 Å². The molecule has 0 atom stereocenters. The smallest absolute Gasteiger partial charge is 0.247 e. The molecule has 2 aromatic carbocycles. The van der Waals surface area contributed by atoms with Gasteiger partial charge in [-0.1, -0.05) is 24.3 Å². The molecule has 2 aromatic rings. The Kier molecular flexibility index (Phi) is 4.47. The highest BCUT2D eigenvalue weighted by Gasteiger charge is 2.11. The number of quaternary nitrogens is 1. The highest BCUT2D eigenvalue weighted by molar-refractivity contribution is 6.77. The molecule has 0 saturated carbocycles. The van der Waals surface area contributed by atoms with Gasteiger partial charge in [0.25, 0.3) is 0 Å². The van der Waals surface area contributed by atoms with Crippen molar-refractivity contribution in [2.45, 2.75) is 0 Å². The number of benzene rings is 2. The van der Waals surface area contributed by atoms with Crippen LogP contribution >= 0.6 is 0 Å². The van der Waals surface area contributed by atoms with Gasteiger partial charge in [0.15, 0.2) is 0 Å². The maximum absolute atomic E-state index is 5.20. The van der Waals surface area contributed by atoms with Gasteiger partial charge in [0.05, 0.1) is 14.2 Å². The van der Waals surface area contributed by atoms with Crippen molar-refractivity contribution in [1.29, 1.82) is 0 Å². The molecule has 2 N–H and O–H groups in total. The number of hydrogen-bond donors (Lipinski definition) is 1. The van der Waals surface area contributed by atoms with E-state index in [0.717, 1.165) is 11.5 Å². The van der Waals surface area contributed by atoms with Gasteiger partial charge in [-0.2, -0.15) is 0 Å². The van der Waals surface area contributed by atoms with E-state index in [4.69, 9.17) is 9.47 Å². The molecule has 0 aliphatic heterocycles. The summed E-state index contributed by atoms with van der Waals surface area (Å²) in [6, 6.07) is 16.6. The minimum atomic E-state index is -0.622. The molecule has 0 bridgehead atoms. The van der Waals surface area contributed by atoms with E-state index in [-0.39, 0.29) is 0 Å². The van der Waals surface area contributed by atoms with Crippen molar-refractivity contribution in [1.82, 2.24) is 0 Å². The minimum Gasteiger partial charge on any atom is -0.534 e. The van der Waals surface area contributed by atoms with Crippen LogP contribution in [0.3, 0.4) is 0 Å². The summed E-state index contributed by atoms with van der Waals surface area (Å²) < 4.78 is 10.4. The summed E-state index contributed by atoms with van der Waals surface area (Å²) in [5.41, 5.74) is 2.68. The zero-order chi connectivity index (χ0) is 13.7. The first-order chi connectivity index (χ1) is 9.28. The molecule has 19 heavy (non-hydrogen) atoms. The summed E-state index contributed by atoms with van der Waals surface area (Å²) in [6.07, 6.45) is 0. The first-order valence-corrected chi connectivity index (χ1v) is 6.56. The normalized spacial score (nSPS) is 10.5. The lowest BCUT2D eigenvalue weighted by atomic mass is 9.51. The summed E-state index contributed by atoms with van der Waals surface area (Å²) in [5, 5.41) is 2.28. The quantitative estimate of drug-likeness (QED) is 0.749. The van der Waals surface area contributed by atoms with Crippen LogP contribution in [0.1, 0.15) is 0 Å². The molecule has 100 valence electrons. The fourth-order valence-corrected chi connectivity index (χ4v) is 2.47. The second-order valence-electron chi connectivity index (χ2n) is 4.69. The zero-order valence-electron chi connectivity index (χ0n) is 11.7. The Hall–Kier alpha value is -1.94. The highest BCUT2D eigenvalue weighted by atomic mass is 16.5. The second kappa shape index (κ2) is 6.30. The predicted molar refractivity (Wildman–Crippen MR) is 80.3 cm³/mol. The Bertz CT molecular complexity index is 463. The largest absolute Gasteiger partial charge is 0.534 e. The number of ether oxygens (including phenoxy) is 2. The van der Waals surface area contributed by atoms with Crippen molar-refractivity contribution in [2.24, 2.45) is 0 Å². The Morgan fingerprint density at radius 2 is 1.11 bits per heavy atom. The maximum Gasteiger partial charge on any atom is 0.247 e. The zero-order valence-corrected chi connectivity index (χ0v) is 11.7. The number of methoxy groups -OCH3 is 2. The molecule has 3 nitrogen and oxygen atoms in total. The summed E-state index contributed by atoms with van der Waals surface area (Å²) in [5.74, 6) is 1.79. The molecular formula is C15H20BNO2. The topological polar surface area (TPSA) is 35.1 Å². The van der Waals surface area contributed by atoms with Gasteiger partial charge >= 0.3 is 0 Å². The Morgan fingerprint density at radius 3 is 1.37 bits per heavy atom. The van der Waals surface area contributed by atoms with Crippen LogP contribution in [-0.2, 0) is 0 Å². The fourth-order valence-electron chi connectivity index (χ4n) is 2.47. The lowest BCUT2D eigenvalue weighted by Gasteiger charge is -2.20. The third-order valence-electron chi connectivity index (χ3n) is 3.61. The van der Waals surface area contributed by atoms with Gasteiger partial charge in [-0.3, -0.25) is 0 Å². The second-order valence-corrected chi connectivity index (χ2v) is 4.69. The van der Waals surface area contributed by atoms with Crippen molar-refractivity contribution in [3.63, 3.8) is 0 Å². The van der Waals surface area contributed by atoms with Crippen LogP contribution in [-0.4, -0.2) is 28.1 Å². The molecule has 0 aromatic heterocycles. The number of rotatable bonds is 5. The molecular weight excluding hydrogens is 237 g/mol. The van der Waals surface area contributed by atoms with Crippen LogP contribution in [0.4, 0.5) is 0 Å². The summed E-state index contributed by atoms with van der Waals surface area (Å²) in [7, 11) is 5.50. The molecule has 0 aliphatic carbocycles. The maximum atomic E-state index is 5.20. The lowest BCUT2D eigenvalue weighted by Crippen LogP contribution is -2.96. The van der Waals surface area contributed by atoms with Crippen molar-refractivity contribution in [2.75, 3.05) is 21.3 Å². The Morgan fingerprint density at radius 1 is 0.737 bits per heavy atom. The molecule has 4 heteroatoms. The summed E-state index contributed by atoms with van der Waals surface area (Å²) >= 11 is 0. The van der Waals surface area contributed by atoms with Gasteiger partial charge < -0.3 is 14.7 Å². The van der Waals surface area contributed by atoms with Crippen molar-refractivity contribution >= 4 is 17.8 Å². The third-order valence-corrected chi connectivity index (χ3v) is 3.61. The van der Waals surface area contributed by atoms with E-state index in [2.05, 4.69) is 36.5 Å². The van der Waals surface area contributed by atoms with E-state index >= 15 is 0 Å². The van der Waals surface area contributed by atoms with Crippen molar-refractivity contribution in [3.05, 3.63) is 48.5 Å². The van der Waals surface area contributed by atoms with E-state index in [0.29, 0.717) is 0 Å². The predicted octanol–water partition coefficient (Wildman–Crippen LogP) is -0.265. The third kappa shape index (κ3) is 3.09. The van der Waals surface area contributed by atoms with Crippen LogP contribution in [0, 0.1) is 0 Å². The van der Waals surface area contributed by atoms with E-state index in [1.807, 2.05) is 24.3 Å². The van der Waals surface area contributed by atoms with Gasteiger partial charge in [-0.25, -0.2) is 0 Å². The first kappa shape index (κ1) is 13.5. The van der Waals surface area contributed by atoms with Gasteiger partial charge in [0.2, 0.25) is 6.85 Å². The van der Waals surface area contributed by atoms with Crippen LogP contribution in [0.25, 0.3) is 0 Å². The average molecular weight is 257 g/mol. The molecule has 0 heterocycles. The van der Waals surface area contributed by atoms with Crippen LogP contribution < -0.4 is 25.6 Å². The molecule has 0 spiro atoms. The molecule has 0 radical (unpaired) electrons. The van der Waals surface area contributed by atoms with E-state index in [1.54, 1.807) is 14.2 Å². The van der Waals surface area contributed by atoms with Gasteiger partial charge in [-0.05, 0) is 24.3 Å².